The van der Waals surface area contributed by atoms with E-state index in [1.54, 1.807) is 20.8 Å². The molecule has 0 aliphatic carbocycles. The van der Waals surface area contributed by atoms with Gasteiger partial charge in [-0.3, -0.25) is 24.0 Å². The molecule has 0 aromatic heterocycles. The maximum absolute atomic E-state index is 12.2. The van der Waals surface area contributed by atoms with Crippen LogP contribution in [0.2, 0.25) is 0 Å². The van der Waals surface area contributed by atoms with Crippen molar-refractivity contribution in [3.63, 3.8) is 0 Å². The Bertz CT molecular complexity index is 714. The molecule has 1 aliphatic heterocycles. The van der Waals surface area contributed by atoms with Crippen LogP contribution >= 0.6 is 0 Å². The smallest absolute Gasteiger partial charge is 0.306 e. The molecule has 0 unspecified atom stereocenters. The Morgan fingerprint density at radius 1 is 0.844 bits per heavy atom. The molecule has 1 fully saturated rings. The van der Waals surface area contributed by atoms with Gasteiger partial charge in [-0.2, -0.15) is 0 Å². The van der Waals surface area contributed by atoms with Gasteiger partial charge in [-0.25, -0.2) is 0 Å². The minimum Gasteiger partial charge on any atom is -0.463 e. The van der Waals surface area contributed by atoms with E-state index in [9.17, 15) is 24.0 Å². The van der Waals surface area contributed by atoms with E-state index in [2.05, 4.69) is 5.32 Å². The number of ether oxygens (including phenoxy) is 5. The van der Waals surface area contributed by atoms with E-state index in [1.807, 2.05) is 0 Å². The van der Waals surface area contributed by atoms with Crippen LogP contribution in [-0.4, -0.2) is 72.5 Å². The Kier molecular flexibility index (Phi) is 10.1. The number of hydrogen-bond acceptors (Lipinski definition) is 10. The van der Waals surface area contributed by atoms with E-state index in [0.29, 0.717) is 0 Å². The molecule has 0 spiro atoms. The third kappa shape index (κ3) is 9.63. The number of carbonyl (C=O) groups excluding carboxylic acids is 5. The van der Waals surface area contributed by atoms with Gasteiger partial charge in [-0.05, 0) is 27.2 Å². The summed E-state index contributed by atoms with van der Waals surface area (Å²) in [7, 11) is 0. The molecule has 0 aromatic rings. The summed E-state index contributed by atoms with van der Waals surface area (Å²) in [5.41, 5.74) is -0.680. The minimum atomic E-state index is -1.16. The summed E-state index contributed by atoms with van der Waals surface area (Å²) in [6, 6.07) is -0.934. The standard InChI is InChI=1S/C21H33NO10/c1-11(23)22-18-15(8-9-17(27)32-21(5,6)7)31-16(10-28-12(2)24)19(29-13(3)25)20(18)30-14(4)26/h15-16,18-20H,8-10H2,1-7H3,(H,22,23)/t15-,16-,18+,19+,20-/m1/s1. The normalized spacial score (nSPS) is 25.3. The Balaban J connectivity index is 3.23. The predicted octanol–water partition coefficient (Wildman–Crippen LogP) is 0.807. The van der Waals surface area contributed by atoms with Gasteiger partial charge in [0.15, 0.2) is 12.2 Å². The number of nitrogens with one attached hydrogen (secondary N) is 1. The average Bonchev–Trinajstić information content (AvgIpc) is 2.59. The van der Waals surface area contributed by atoms with E-state index in [0.717, 1.165) is 6.92 Å². The number of esters is 4. The first kappa shape index (κ1) is 27.3. The van der Waals surface area contributed by atoms with Crippen molar-refractivity contribution in [1.82, 2.24) is 5.32 Å². The fourth-order valence-corrected chi connectivity index (χ4v) is 3.32. The van der Waals surface area contributed by atoms with Gasteiger partial charge >= 0.3 is 23.9 Å². The number of rotatable bonds is 8. The molecule has 0 bridgehead atoms. The van der Waals surface area contributed by atoms with Gasteiger partial charge in [0.05, 0.1) is 12.1 Å². The van der Waals surface area contributed by atoms with Crippen LogP contribution in [0.3, 0.4) is 0 Å². The van der Waals surface area contributed by atoms with Crippen molar-refractivity contribution >= 4 is 29.8 Å². The summed E-state index contributed by atoms with van der Waals surface area (Å²) in [5, 5.41) is 2.66. The zero-order chi connectivity index (χ0) is 24.6. The average molecular weight is 459 g/mol. The second-order valence-electron chi connectivity index (χ2n) is 8.52. The summed E-state index contributed by atoms with van der Waals surface area (Å²) in [6.07, 6.45) is -4.09. The largest absolute Gasteiger partial charge is 0.463 e. The first-order valence-corrected chi connectivity index (χ1v) is 10.3. The van der Waals surface area contributed by atoms with Crippen LogP contribution in [0.15, 0.2) is 0 Å². The minimum absolute atomic E-state index is 0.0523. The van der Waals surface area contributed by atoms with Crippen LogP contribution in [0.5, 0.6) is 0 Å². The quantitative estimate of drug-likeness (QED) is 0.409. The molecule has 5 atom stereocenters. The molecule has 0 aromatic carbocycles. The van der Waals surface area contributed by atoms with Gasteiger partial charge in [-0.1, -0.05) is 0 Å². The number of carbonyl (C=O) groups is 5. The van der Waals surface area contributed by atoms with Crippen LogP contribution in [0.4, 0.5) is 0 Å². The fourth-order valence-electron chi connectivity index (χ4n) is 3.32. The van der Waals surface area contributed by atoms with Gasteiger partial charge < -0.3 is 29.0 Å². The summed E-state index contributed by atoms with van der Waals surface area (Å²) in [5.74, 6) is -2.88. The van der Waals surface area contributed by atoms with Crippen molar-refractivity contribution < 1.29 is 47.7 Å². The maximum atomic E-state index is 12.2. The van der Waals surface area contributed by atoms with Crippen LogP contribution in [0, 0.1) is 0 Å². The monoisotopic (exact) mass is 459 g/mol. The number of amides is 1. The lowest BCUT2D eigenvalue weighted by molar-refractivity contribution is -0.224. The van der Waals surface area contributed by atoms with Crippen LogP contribution < -0.4 is 5.32 Å². The molecule has 1 aliphatic rings. The highest BCUT2D eigenvalue weighted by molar-refractivity contribution is 5.74. The zero-order valence-electron chi connectivity index (χ0n) is 19.6. The maximum Gasteiger partial charge on any atom is 0.306 e. The molecule has 1 saturated heterocycles. The van der Waals surface area contributed by atoms with Crippen LogP contribution in [0.1, 0.15) is 61.3 Å². The highest BCUT2D eigenvalue weighted by Gasteiger charge is 2.50. The van der Waals surface area contributed by atoms with Crippen LogP contribution in [-0.2, 0) is 47.7 Å². The van der Waals surface area contributed by atoms with Crippen molar-refractivity contribution in [2.24, 2.45) is 0 Å². The second-order valence-corrected chi connectivity index (χ2v) is 8.52. The fraction of sp³-hybridized carbons (Fsp3) is 0.762. The lowest BCUT2D eigenvalue weighted by Gasteiger charge is -2.45. The van der Waals surface area contributed by atoms with Gasteiger partial charge in [-0.15, -0.1) is 0 Å². The van der Waals surface area contributed by atoms with Gasteiger partial charge in [0, 0.05) is 34.1 Å². The van der Waals surface area contributed by atoms with E-state index >= 15 is 0 Å². The Hall–Kier alpha value is -2.69. The first-order chi connectivity index (χ1) is 14.7. The third-order valence-corrected chi connectivity index (χ3v) is 4.27. The molecular formula is C21H33NO10. The van der Waals surface area contributed by atoms with E-state index < -0.39 is 65.8 Å². The molecular weight excluding hydrogens is 426 g/mol. The summed E-state index contributed by atoms with van der Waals surface area (Å²) < 4.78 is 27.1. The van der Waals surface area contributed by atoms with Crippen molar-refractivity contribution in [3.8, 4) is 0 Å². The molecule has 1 heterocycles. The highest BCUT2D eigenvalue weighted by Crippen LogP contribution is 2.29. The molecule has 11 nitrogen and oxygen atoms in total. The molecule has 182 valence electrons. The Morgan fingerprint density at radius 2 is 1.41 bits per heavy atom. The third-order valence-electron chi connectivity index (χ3n) is 4.27. The van der Waals surface area contributed by atoms with Crippen molar-refractivity contribution in [2.45, 2.75) is 97.4 Å². The second kappa shape index (κ2) is 11.8. The molecule has 0 radical (unpaired) electrons. The lowest BCUT2D eigenvalue weighted by atomic mass is 9.89. The summed E-state index contributed by atoms with van der Waals surface area (Å²) in [6.45, 7) is 9.71. The molecule has 1 amide bonds. The molecule has 1 N–H and O–H groups in total. The van der Waals surface area contributed by atoms with Gasteiger partial charge in [0.1, 0.15) is 18.3 Å². The molecule has 11 heteroatoms. The lowest BCUT2D eigenvalue weighted by Crippen LogP contribution is -2.66. The molecule has 1 rings (SSSR count). The topological polar surface area (TPSA) is 144 Å². The van der Waals surface area contributed by atoms with Crippen LogP contribution in [0.25, 0.3) is 0 Å². The Labute approximate surface area is 187 Å². The van der Waals surface area contributed by atoms with Crippen molar-refractivity contribution in [3.05, 3.63) is 0 Å². The van der Waals surface area contributed by atoms with E-state index in [-0.39, 0.29) is 19.4 Å². The molecule has 32 heavy (non-hydrogen) atoms. The SMILES string of the molecule is CC(=O)N[C@@H]1[C@@H](OC(C)=O)[C@@H](OC(C)=O)[C@@H](COC(C)=O)O[C@@H]1CCC(=O)OC(C)(C)C. The van der Waals surface area contributed by atoms with Crippen molar-refractivity contribution in [2.75, 3.05) is 6.61 Å². The summed E-state index contributed by atoms with van der Waals surface area (Å²) in [4.78, 5) is 58.9. The van der Waals surface area contributed by atoms with Crippen molar-refractivity contribution in [1.29, 1.82) is 0 Å². The van der Waals surface area contributed by atoms with E-state index in [1.165, 1.54) is 20.8 Å². The summed E-state index contributed by atoms with van der Waals surface area (Å²) >= 11 is 0. The van der Waals surface area contributed by atoms with Gasteiger partial charge in [0.2, 0.25) is 5.91 Å². The highest BCUT2D eigenvalue weighted by atomic mass is 16.6. The first-order valence-electron chi connectivity index (χ1n) is 10.3. The Morgan fingerprint density at radius 3 is 1.88 bits per heavy atom. The predicted molar refractivity (Wildman–Crippen MR) is 109 cm³/mol. The number of hydrogen-bond donors (Lipinski definition) is 1. The van der Waals surface area contributed by atoms with Gasteiger partial charge in [0.25, 0.3) is 0 Å². The van der Waals surface area contributed by atoms with E-state index in [4.69, 9.17) is 23.7 Å². The molecule has 0 saturated carbocycles. The zero-order valence-corrected chi connectivity index (χ0v) is 19.6.